The summed E-state index contributed by atoms with van der Waals surface area (Å²) >= 11 is 0. The van der Waals surface area contributed by atoms with Gasteiger partial charge in [-0.05, 0) is 62.5 Å². The van der Waals surface area contributed by atoms with E-state index in [1.807, 2.05) is 6.07 Å². The smallest absolute Gasteiger partial charge is 0.207 e. The molecule has 1 heterocycles. The van der Waals surface area contributed by atoms with Crippen LogP contribution in [0.5, 0.6) is 5.75 Å². The van der Waals surface area contributed by atoms with Crippen LogP contribution in [0.4, 0.5) is 0 Å². The SMILES string of the molecule is Cc1ccc(OC2CCNCC2)cc1CCNC=O. The van der Waals surface area contributed by atoms with Crippen LogP contribution in [0.25, 0.3) is 0 Å². The molecule has 0 spiro atoms. The van der Waals surface area contributed by atoms with E-state index in [1.54, 1.807) is 0 Å². The predicted molar refractivity (Wildman–Crippen MR) is 75.5 cm³/mol. The average Bonchev–Trinajstić information content (AvgIpc) is 2.44. The molecular formula is C15H22N2O2. The summed E-state index contributed by atoms with van der Waals surface area (Å²) < 4.78 is 6.03. The molecule has 1 aromatic rings. The Kier molecular flexibility index (Phi) is 5.21. The number of hydrogen-bond acceptors (Lipinski definition) is 3. The van der Waals surface area contributed by atoms with Gasteiger partial charge in [-0.15, -0.1) is 0 Å². The first-order chi connectivity index (χ1) is 9.29. The van der Waals surface area contributed by atoms with Gasteiger partial charge >= 0.3 is 0 Å². The van der Waals surface area contributed by atoms with E-state index in [1.165, 1.54) is 11.1 Å². The van der Waals surface area contributed by atoms with Gasteiger partial charge < -0.3 is 15.4 Å². The molecule has 4 nitrogen and oxygen atoms in total. The molecule has 104 valence electrons. The highest BCUT2D eigenvalue weighted by Crippen LogP contribution is 2.21. The fourth-order valence-corrected chi connectivity index (χ4v) is 2.36. The molecule has 2 rings (SSSR count). The molecule has 1 aliphatic heterocycles. The van der Waals surface area contributed by atoms with E-state index in [4.69, 9.17) is 4.74 Å². The molecule has 0 saturated carbocycles. The van der Waals surface area contributed by atoms with Gasteiger partial charge in [0.05, 0.1) is 0 Å². The van der Waals surface area contributed by atoms with Crippen LogP contribution >= 0.6 is 0 Å². The van der Waals surface area contributed by atoms with Gasteiger partial charge in [-0.1, -0.05) is 6.07 Å². The fourth-order valence-electron chi connectivity index (χ4n) is 2.36. The topological polar surface area (TPSA) is 50.4 Å². The predicted octanol–water partition coefficient (Wildman–Crippen LogP) is 1.41. The van der Waals surface area contributed by atoms with Crippen molar-refractivity contribution in [2.45, 2.75) is 32.3 Å². The van der Waals surface area contributed by atoms with Crippen LogP contribution in [-0.2, 0) is 11.2 Å². The van der Waals surface area contributed by atoms with E-state index >= 15 is 0 Å². The van der Waals surface area contributed by atoms with Crippen molar-refractivity contribution in [3.8, 4) is 5.75 Å². The van der Waals surface area contributed by atoms with Gasteiger partial charge in [0.15, 0.2) is 0 Å². The number of ether oxygens (including phenoxy) is 1. The molecule has 0 atom stereocenters. The van der Waals surface area contributed by atoms with Crippen molar-refractivity contribution < 1.29 is 9.53 Å². The molecule has 4 heteroatoms. The normalized spacial score (nSPS) is 16.1. The van der Waals surface area contributed by atoms with Gasteiger partial charge in [0.2, 0.25) is 6.41 Å². The van der Waals surface area contributed by atoms with Crippen LogP contribution in [0.3, 0.4) is 0 Å². The number of aryl methyl sites for hydroxylation is 1. The Labute approximate surface area is 114 Å². The third-order valence-electron chi connectivity index (χ3n) is 3.53. The number of hydrogen-bond donors (Lipinski definition) is 2. The number of carbonyl (C=O) groups is 1. The molecule has 1 amide bonds. The summed E-state index contributed by atoms with van der Waals surface area (Å²) in [5.41, 5.74) is 2.48. The van der Waals surface area contributed by atoms with Crippen molar-refractivity contribution in [1.29, 1.82) is 0 Å². The Morgan fingerprint density at radius 1 is 1.42 bits per heavy atom. The van der Waals surface area contributed by atoms with Crippen LogP contribution in [0, 0.1) is 6.92 Å². The summed E-state index contributed by atoms with van der Waals surface area (Å²) in [5, 5.41) is 6.03. The highest BCUT2D eigenvalue weighted by atomic mass is 16.5. The van der Waals surface area contributed by atoms with Crippen molar-refractivity contribution in [3.05, 3.63) is 29.3 Å². The number of rotatable bonds is 6. The summed E-state index contributed by atoms with van der Waals surface area (Å²) in [6, 6.07) is 6.23. The fraction of sp³-hybridized carbons (Fsp3) is 0.533. The summed E-state index contributed by atoms with van der Waals surface area (Å²) in [6.45, 7) is 4.82. The zero-order valence-electron chi connectivity index (χ0n) is 11.4. The zero-order valence-corrected chi connectivity index (χ0v) is 11.4. The molecule has 0 bridgehead atoms. The molecule has 19 heavy (non-hydrogen) atoms. The number of nitrogens with one attached hydrogen (secondary N) is 2. The molecular weight excluding hydrogens is 240 g/mol. The first kappa shape index (κ1) is 13.9. The van der Waals surface area contributed by atoms with E-state index in [0.717, 1.165) is 44.5 Å². The van der Waals surface area contributed by atoms with Crippen LogP contribution < -0.4 is 15.4 Å². The molecule has 2 N–H and O–H groups in total. The minimum atomic E-state index is 0.324. The maximum atomic E-state index is 10.3. The van der Waals surface area contributed by atoms with E-state index in [9.17, 15) is 4.79 Å². The third kappa shape index (κ3) is 4.24. The Hall–Kier alpha value is -1.55. The second kappa shape index (κ2) is 7.14. The minimum Gasteiger partial charge on any atom is -0.490 e. The lowest BCUT2D eigenvalue weighted by Crippen LogP contribution is -2.34. The number of benzene rings is 1. The van der Waals surface area contributed by atoms with E-state index in [-0.39, 0.29) is 0 Å². The van der Waals surface area contributed by atoms with Gasteiger partial charge in [0, 0.05) is 6.54 Å². The van der Waals surface area contributed by atoms with Gasteiger partial charge in [0.1, 0.15) is 11.9 Å². The molecule has 1 saturated heterocycles. The van der Waals surface area contributed by atoms with Gasteiger partial charge in [-0.3, -0.25) is 4.79 Å². The molecule has 1 fully saturated rings. The van der Waals surface area contributed by atoms with Gasteiger partial charge in [-0.25, -0.2) is 0 Å². The van der Waals surface area contributed by atoms with Gasteiger partial charge in [0.25, 0.3) is 0 Å². The highest BCUT2D eigenvalue weighted by molar-refractivity contribution is 5.46. The number of carbonyl (C=O) groups excluding carboxylic acids is 1. The standard InChI is InChI=1S/C15H22N2O2/c1-12-2-3-15(10-13(12)4-7-17-11-18)19-14-5-8-16-9-6-14/h2-3,10-11,14,16H,4-9H2,1H3,(H,17,18). The molecule has 1 aliphatic rings. The Bertz CT molecular complexity index is 415. The molecule has 0 unspecified atom stereocenters. The molecule has 0 aromatic heterocycles. The lowest BCUT2D eigenvalue weighted by atomic mass is 10.0. The van der Waals surface area contributed by atoms with E-state index in [2.05, 4.69) is 29.7 Å². The summed E-state index contributed by atoms with van der Waals surface area (Å²) in [7, 11) is 0. The summed E-state index contributed by atoms with van der Waals surface area (Å²) in [4.78, 5) is 10.3. The third-order valence-corrected chi connectivity index (χ3v) is 3.53. The average molecular weight is 262 g/mol. The monoisotopic (exact) mass is 262 g/mol. The highest BCUT2D eigenvalue weighted by Gasteiger charge is 2.14. The van der Waals surface area contributed by atoms with Gasteiger partial charge in [-0.2, -0.15) is 0 Å². The lowest BCUT2D eigenvalue weighted by Gasteiger charge is -2.24. The van der Waals surface area contributed by atoms with Crippen LogP contribution in [-0.4, -0.2) is 32.1 Å². The second-order valence-electron chi connectivity index (χ2n) is 4.98. The van der Waals surface area contributed by atoms with Crippen molar-refractivity contribution >= 4 is 6.41 Å². The van der Waals surface area contributed by atoms with E-state index < -0.39 is 0 Å². The van der Waals surface area contributed by atoms with Crippen LogP contribution in [0.15, 0.2) is 18.2 Å². The van der Waals surface area contributed by atoms with Crippen molar-refractivity contribution in [3.63, 3.8) is 0 Å². The van der Waals surface area contributed by atoms with Crippen molar-refractivity contribution in [2.75, 3.05) is 19.6 Å². The van der Waals surface area contributed by atoms with Crippen molar-refractivity contribution in [1.82, 2.24) is 10.6 Å². The Balaban J connectivity index is 1.96. The van der Waals surface area contributed by atoms with Crippen LogP contribution in [0.1, 0.15) is 24.0 Å². The maximum Gasteiger partial charge on any atom is 0.207 e. The first-order valence-corrected chi connectivity index (χ1v) is 6.93. The number of piperidine rings is 1. The Morgan fingerprint density at radius 3 is 2.95 bits per heavy atom. The summed E-state index contributed by atoms with van der Waals surface area (Å²) in [5.74, 6) is 0.943. The quantitative estimate of drug-likeness (QED) is 0.602. The molecule has 0 radical (unpaired) electrons. The zero-order chi connectivity index (χ0) is 13.5. The minimum absolute atomic E-state index is 0.324. The first-order valence-electron chi connectivity index (χ1n) is 6.93. The second-order valence-corrected chi connectivity index (χ2v) is 4.98. The lowest BCUT2D eigenvalue weighted by molar-refractivity contribution is -0.109. The maximum absolute atomic E-state index is 10.3. The molecule has 1 aromatic carbocycles. The van der Waals surface area contributed by atoms with Crippen LogP contribution in [0.2, 0.25) is 0 Å². The van der Waals surface area contributed by atoms with E-state index in [0.29, 0.717) is 12.6 Å². The van der Waals surface area contributed by atoms with Crippen molar-refractivity contribution in [2.24, 2.45) is 0 Å². The molecule has 0 aliphatic carbocycles. The Morgan fingerprint density at radius 2 is 2.21 bits per heavy atom. The number of amides is 1. The largest absolute Gasteiger partial charge is 0.490 e. The summed E-state index contributed by atoms with van der Waals surface area (Å²) in [6.07, 6.45) is 4.04.